The summed E-state index contributed by atoms with van der Waals surface area (Å²) in [5, 5.41) is 7.48. The fourth-order valence-corrected chi connectivity index (χ4v) is 1.85. The molecule has 1 aromatic heterocycles. The van der Waals surface area contributed by atoms with Crippen molar-refractivity contribution >= 4 is 0 Å². The zero-order valence-electron chi connectivity index (χ0n) is 11.9. The second-order valence-corrected chi connectivity index (χ2v) is 4.85. The number of hydrogen-bond acceptors (Lipinski definition) is 4. The van der Waals surface area contributed by atoms with Crippen LogP contribution in [0.2, 0.25) is 0 Å². The average molecular weight is 260 g/mol. The van der Waals surface area contributed by atoms with Crippen molar-refractivity contribution in [2.45, 2.75) is 33.4 Å². The van der Waals surface area contributed by atoms with Gasteiger partial charge in [0.2, 0.25) is 0 Å². The van der Waals surface area contributed by atoms with Gasteiger partial charge in [0, 0.05) is 23.7 Å². The highest BCUT2D eigenvalue weighted by Gasteiger charge is 2.13. The van der Waals surface area contributed by atoms with Crippen LogP contribution in [0.3, 0.4) is 0 Å². The number of hydrogen-bond donors (Lipinski definition) is 1. The van der Waals surface area contributed by atoms with Crippen LogP contribution in [-0.4, -0.2) is 18.3 Å². The molecule has 0 amide bonds. The van der Waals surface area contributed by atoms with E-state index in [1.807, 2.05) is 31.2 Å². The highest BCUT2D eigenvalue weighted by molar-refractivity contribution is 5.62. The Morgan fingerprint density at radius 2 is 1.95 bits per heavy atom. The summed E-state index contributed by atoms with van der Waals surface area (Å²) in [5.41, 5.74) is 3.06. The molecular weight excluding hydrogens is 240 g/mol. The summed E-state index contributed by atoms with van der Waals surface area (Å²) >= 11 is 0. The Labute approximate surface area is 113 Å². The van der Waals surface area contributed by atoms with Crippen LogP contribution in [0, 0.1) is 6.92 Å². The van der Waals surface area contributed by atoms with Crippen molar-refractivity contribution in [2.75, 3.05) is 7.11 Å². The summed E-state index contributed by atoms with van der Waals surface area (Å²) in [7, 11) is 1.66. The molecule has 0 fully saturated rings. The Balaban J connectivity index is 2.20. The maximum Gasteiger partial charge on any atom is 0.170 e. The Morgan fingerprint density at radius 1 is 1.26 bits per heavy atom. The van der Waals surface area contributed by atoms with E-state index < -0.39 is 0 Å². The lowest BCUT2D eigenvalue weighted by molar-refractivity contribution is 0.413. The molecule has 0 aliphatic carbocycles. The molecule has 0 spiro atoms. The first-order valence-electron chi connectivity index (χ1n) is 6.44. The molecule has 4 nitrogen and oxygen atoms in total. The number of methoxy groups -OCH3 is 1. The Kier molecular flexibility index (Phi) is 4.22. The molecule has 4 heteroatoms. The van der Waals surface area contributed by atoms with Gasteiger partial charge in [0.25, 0.3) is 0 Å². The third-order valence-electron chi connectivity index (χ3n) is 3.05. The molecule has 1 N–H and O–H groups in total. The summed E-state index contributed by atoms with van der Waals surface area (Å²) in [6, 6.07) is 8.23. The Bertz CT molecular complexity index is 530. The van der Waals surface area contributed by atoms with Gasteiger partial charge in [-0.3, -0.25) is 0 Å². The highest BCUT2D eigenvalue weighted by atomic mass is 16.5. The van der Waals surface area contributed by atoms with Crippen molar-refractivity contribution in [3.63, 3.8) is 0 Å². The number of ether oxygens (including phenoxy) is 1. The molecule has 1 aromatic carbocycles. The van der Waals surface area contributed by atoms with Gasteiger partial charge < -0.3 is 14.6 Å². The van der Waals surface area contributed by atoms with Crippen LogP contribution in [0.4, 0.5) is 0 Å². The number of nitrogens with one attached hydrogen (secondary N) is 1. The van der Waals surface area contributed by atoms with Gasteiger partial charge in [-0.1, -0.05) is 19.0 Å². The van der Waals surface area contributed by atoms with Crippen molar-refractivity contribution in [1.29, 1.82) is 0 Å². The first-order valence-corrected chi connectivity index (χ1v) is 6.44. The van der Waals surface area contributed by atoms with Gasteiger partial charge in [-0.2, -0.15) is 0 Å². The second kappa shape index (κ2) is 5.89. The summed E-state index contributed by atoms with van der Waals surface area (Å²) in [4.78, 5) is 0. The van der Waals surface area contributed by atoms with Crippen LogP contribution < -0.4 is 10.1 Å². The third-order valence-corrected chi connectivity index (χ3v) is 3.05. The van der Waals surface area contributed by atoms with Gasteiger partial charge in [-0.05, 0) is 31.2 Å². The average Bonchev–Trinajstić information content (AvgIpc) is 2.78. The van der Waals surface area contributed by atoms with Gasteiger partial charge >= 0.3 is 0 Å². The Morgan fingerprint density at radius 3 is 2.53 bits per heavy atom. The summed E-state index contributed by atoms with van der Waals surface area (Å²) in [6.07, 6.45) is 0. The lowest BCUT2D eigenvalue weighted by Crippen LogP contribution is -2.22. The third kappa shape index (κ3) is 3.15. The summed E-state index contributed by atoms with van der Waals surface area (Å²) < 4.78 is 10.6. The van der Waals surface area contributed by atoms with Gasteiger partial charge in [0.1, 0.15) is 11.4 Å². The normalized spacial score (nSPS) is 11.0. The number of aromatic nitrogens is 1. The highest BCUT2D eigenvalue weighted by Crippen LogP contribution is 2.27. The monoisotopic (exact) mass is 260 g/mol. The maximum atomic E-state index is 5.46. The van der Waals surface area contributed by atoms with Crippen molar-refractivity contribution < 1.29 is 9.26 Å². The quantitative estimate of drug-likeness (QED) is 0.897. The van der Waals surface area contributed by atoms with E-state index in [0.717, 1.165) is 34.9 Å². The fourth-order valence-electron chi connectivity index (χ4n) is 1.85. The molecule has 0 saturated carbocycles. The van der Waals surface area contributed by atoms with Crippen LogP contribution >= 0.6 is 0 Å². The topological polar surface area (TPSA) is 47.3 Å². The second-order valence-electron chi connectivity index (χ2n) is 4.85. The predicted octanol–water partition coefficient (Wildman–Crippen LogP) is 3.16. The van der Waals surface area contributed by atoms with E-state index in [2.05, 4.69) is 24.3 Å². The van der Waals surface area contributed by atoms with Gasteiger partial charge in [-0.25, -0.2) is 0 Å². The molecule has 0 atom stereocenters. The Hall–Kier alpha value is -1.81. The molecule has 0 aliphatic rings. The molecule has 102 valence electrons. The van der Waals surface area contributed by atoms with E-state index in [1.165, 1.54) is 0 Å². The largest absolute Gasteiger partial charge is 0.497 e. The molecular formula is C15H20N2O2. The van der Waals surface area contributed by atoms with E-state index in [4.69, 9.17) is 9.26 Å². The van der Waals surface area contributed by atoms with Crippen molar-refractivity contribution in [2.24, 2.45) is 0 Å². The first-order chi connectivity index (χ1) is 9.11. The molecule has 0 unspecified atom stereocenters. The first kappa shape index (κ1) is 13.6. The van der Waals surface area contributed by atoms with Gasteiger partial charge in [0.15, 0.2) is 5.76 Å². The van der Waals surface area contributed by atoms with Crippen LogP contribution in [0.15, 0.2) is 28.8 Å². The molecule has 0 saturated heterocycles. The van der Waals surface area contributed by atoms with E-state index in [-0.39, 0.29) is 0 Å². The van der Waals surface area contributed by atoms with Crippen LogP contribution in [0.25, 0.3) is 11.3 Å². The lowest BCUT2D eigenvalue weighted by atomic mass is 10.1. The maximum absolute atomic E-state index is 5.46. The standard InChI is InChI=1S/C15H20N2O2/c1-10(2)16-9-14-11(3)15(19-17-14)12-5-7-13(18-4)8-6-12/h5-8,10,16H,9H2,1-4H3. The molecule has 1 heterocycles. The minimum Gasteiger partial charge on any atom is -0.497 e. The number of benzene rings is 1. The molecule has 2 aromatic rings. The minimum absolute atomic E-state index is 0.431. The van der Waals surface area contributed by atoms with E-state index in [0.29, 0.717) is 6.04 Å². The molecule has 19 heavy (non-hydrogen) atoms. The summed E-state index contributed by atoms with van der Waals surface area (Å²) in [6.45, 7) is 6.98. The van der Waals surface area contributed by atoms with Gasteiger partial charge in [-0.15, -0.1) is 0 Å². The van der Waals surface area contributed by atoms with Crippen LogP contribution in [0.5, 0.6) is 5.75 Å². The zero-order chi connectivity index (χ0) is 13.8. The smallest absolute Gasteiger partial charge is 0.170 e. The molecule has 0 aliphatic heterocycles. The lowest BCUT2D eigenvalue weighted by Gasteiger charge is -2.05. The van der Waals surface area contributed by atoms with E-state index >= 15 is 0 Å². The molecule has 0 radical (unpaired) electrons. The van der Waals surface area contributed by atoms with Crippen LogP contribution in [-0.2, 0) is 6.54 Å². The van der Waals surface area contributed by atoms with E-state index in [9.17, 15) is 0 Å². The van der Waals surface area contributed by atoms with E-state index in [1.54, 1.807) is 7.11 Å². The van der Waals surface area contributed by atoms with Crippen molar-refractivity contribution in [3.05, 3.63) is 35.5 Å². The summed E-state index contributed by atoms with van der Waals surface area (Å²) in [5.74, 6) is 1.66. The van der Waals surface area contributed by atoms with Crippen molar-refractivity contribution in [3.8, 4) is 17.1 Å². The zero-order valence-corrected chi connectivity index (χ0v) is 11.9. The fraction of sp³-hybridized carbons (Fsp3) is 0.400. The van der Waals surface area contributed by atoms with Crippen molar-refractivity contribution in [1.82, 2.24) is 10.5 Å². The van der Waals surface area contributed by atoms with Gasteiger partial charge in [0.05, 0.1) is 7.11 Å². The SMILES string of the molecule is COc1ccc(-c2onc(CNC(C)C)c2C)cc1. The number of nitrogens with zero attached hydrogens (tertiary/aromatic N) is 1. The molecule has 2 rings (SSSR count). The van der Waals surface area contributed by atoms with Crippen LogP contribution in [0.1, 0.15) is 25.1 Å². The minimum atomic E-state index is 0.431. The number of rotatable bonds is 5. The predicted molar refractivity (Wildman–Crippen MR) is 75.2 cm³/mol. The molecule has 0 bridgehead atoms.